The second-order valence-corrected chi connectivity index (χ2v) is 8.90. The van der Waals surface area contributed by atoms with Crippen LogP contribution in [0.2, 0.25) is 5.02 Å². The maximum Gasteiger partial charge on any atom is 0.270 e. The molecule has 1 unspecified atom stereocenters. The molecule has 3 aromatic rings. The van der Waals surface area contributed by atoms with Gasteiger partial charge in [0.05, 0.1) is 5.69 Å². The number of pyridine rings is 1. The van der Waals surface area contributed by atoms with Gasteiger partial charge in [0.2, 0.25) is 0 Å². The van der Waals surface area contributed by atoms with Gasteiger partial charge in [-0.2, -0.15) is 0 Å². The molecular weight excluding hydrogens is 410 g/mol. The summed E-state index contributed by atoms with van der Waals surface area (Å²) >= 11 is 6.08. The number of aryl methyl sites for hydroxylation is 1. The number of benzene rings is 1. The van der Waals surface area contributed by atoms with Crippen LogP contribution >= 0.6 is 11.6 Å². The van der Waals surface area contributed by atoms with Crippen molar-refractivity contribution < 1.29 is 4.79 Å². The molecule has 2 aromatic heterocycles. The Morgan fingerprint density at radius 3 is 2.84 bits per heavy atom. The fraction of sp³-hybridized carbons (Fsp3) is 0.417. The van der Waals surface area contributed by atoms with E-state index in [-0.39, 0.29) is 5.91 Å². The second-order valence-electron chi connectivity index (χ2n) is 8.46. The Balaban J connectivity index is 1.25. The van der Waals surface area contributed by atoms with Gasteiger partial charge < -0.3 is 10.2 Å². The van der Waals surface area contributed by atoms with Crippen LogP contribution in [-0.2, 0) is 13.0 Å². The number of halogens is 1. The molecule has 5 rings (SSSR count). The zero-order chi connectivity index (χ0) is 21.4. The minimum Gasteiger partial charge on any atom is -0.369 e. The van der Waals surface area contributed by atoms with Crippen molar-refractivity contribution in [2.75, 3.05) is 31.1 Å². The molecule has 1 N–H and O–H groups in total. The maximum absolute atomic E-state index is 13.0. The van der Waals surface area contributed by atoms with Crippen LogP contribution in [0.15, 0.2) is 42.6 Å². The first kappa shape index (κ1) is 20.3. The summed E-state index contributed by atoms with van der Waals surface area (Å²) in [5.41, 5.74) is 4.42. The highest BCUT2D eigenvalue weighted by Crippen LogP contribution is 2.25. The number of rotatable bonds is 5. The maximum atomic E-state index is 13.0. The monoisotopic (exact) mass is 437 g/mol. The Kier molecular flexibility index (Phi) is 5.59. The van der Waals surface area contributed by atoms with E-state index >= 15 is 0 Å². The molecule has 2 fully saturated rings. The third-order valence-electron chi connectivity index (χ3n) is 6.55. The van der Waals surface area contributed by atoms with Gasteiger partial charge in [0.1, 0.15) is 11.3 Å². The number of hydrogen-bond acceptors (Lipinski definition) is 4. The molecule has 7 heteroatoms. The van der Waals surface area contributed by atoms with E-state index in [9.17, 15) is 4.79 Å². The van der Waals surface area contributed by atoms with Crippen molar-refractivity contribution in [3.05, 3.63) is 64.6 Å². The lowest BCUT2D eigenvalue weighted by molar-refractivity contribution is 0.0944. The fourth-order valence-corrected chi connectivity index (χ4v) is 5.03. The van der Waals surface area contributed by atoms with Crippen LogP contribution in [0.1, 0.15) is 41.5 Å². The minimum atomic E-state index is -0.117. The lowest BCUT2D eigenvalue weighted by Gasteiger charge is -2.38. The standard InChI is InChI=1S/C24H28ClN5O/c1-2-21-23(30-11-9-18(25)14-22(30)27-21)24(31)26-15-17-5-7-19(8-6-17)29-13-12-28-10-3-4-20(28)16-29/h5-9,11,14,20H,2-4,10,12-13,15-16H2,1H3,(H,26,31). The summed E-state index contributed by atoms with van der Waals surface area (Å²) in [4.78, 5) is 22.6. The highest BCUT2D eigenvalue weighted by molar-refractivity contribution is 6.30. The first-order valence-electron chi connectivity index (χ1n) is 11.1. The largest absolute Gasteiger partial charge is 0.369 e. The molecule has 31 heavy (non-hydrogen) atoms. The van der Waals surface area contributed by atoms with E-state index in [0.29, 0.717) is 35.4 Å². The zero-order valence-electron chi connectivity index (χ0n) is 17.9. The van der Waals surface area contributed by atoms with Gasteiger partial charge in [-0.1, -0.05) is 30.7 Å². The van der Waals surface area contributed by atoms with Crippen LogP contribution in [0, 0.1) is 0 Å². The summed E-state index contributed by atoms with van der Waals surface area (Å²) < 4.78 is 1.81. The molecule has 2 aliphatic rings. The van der Waals surface area contributed by atoms with Crippen molar-refractivity contribution in [2.24, 2.45) is 0 Å². The minimum absolute atomic E-state index is 0.117. The zero-order valence-corrected chi connectivity index (χ0v) is 18.6. The quantitative estimate of drug-likeness (QED) is 0.660. The van der Waals surface area contributed by atoms with E-state index in [2.05, 4.69) is 44.4 Å². The van der Waals surface area contributed by atoms with Crippen molar-refractivity contribution in [3.8, 4) is 0 Å². The van der Waals surface area contributed by atoms with Gasteiger partial charge in [-0.3, -0.25) is 14.1 Å². The van der Waals surface area contributed by atoms with E-state index in [0.717, 1.165) is 30.9 Å². The number of nitrogens with one attached hydrogen (secondary N) is 1. The van der Waals surface area contributed by atoms with Crippen LogP contribution in [0.3, 0.4) is 0 Å². The molecule has 2 aliphatic heterocycles. The summed E-state index contributed by atoms with van der Waals surface area (Å²) in [6.07, 6.45) is 5.13. The number of carbonyl (C=O) groups is 1. The third kappa shape index (κ3) is 4.02. The van der Waals surface area contributed by atoms with Gasteiger partial charge in [-0.25, -0.2) is 4.98 Å². The average molecular weight is 438 g/mol. The summed E-state index contributed by atoms with van der Waals surface area (Å²) in [7, 11) is 0. The predicted octanol–water partition coefficient (Wildman–Crippen LogP) is 3.76. The summed E-state index contributed by atoms with van der Waals surface area (Å²) in [5, 5.41) is 3.67. The van der Waals surface area contributed by atoms with E-state index in [1.165, 1.54) is 25.1 Å². The number of nitrogens with zero attached hydrogens (tertiary/aromatic N) is 4. The third-order valence-corrected chi connectivity index (χ3v) is 6.79. The van der Waals surface area contributed by atoms with Crippen LogP contribution in [-0.4, -0.2) is 52.4 Å². The van der Waals surface area contributed by atoms with E-state index in [1.807, 2.05) is 11.3 Å². The van der Waals surface area contributed by atoms with Crippen molar-refractivity contribution in [2.45, 2.75) is 38.8 Å². The molecule has 162 valence electrons. The summed E-state index contributed by atoms with van der Waals surface area (Å²) in [6.45, 7) is 7.12. The number of piperazine rings is 1. The van der Waals surface area contributed by atoms with Gasteiger partial charge in [0, 0.05) is 55.2 Å². The van der Waals surface area contributed by atoms with Crippen LogP contribution in [0.5, 0.6) is 0 Å². The molecule has 0 spiro atoms. The molecule has 1 aromatic carbocycles. The SMILES string of the molecule is CCc1nc2cc(Cl)ccn2c1C(=O)NCc1ccc(N2CCN3CCCC3C2)cc1. The molecule has 1 atom stereocenters. The molecule has 0 radical (unpaired) electrons. The Labute approximate surface area is 187 Å². The van der Waals surface area contributed by atoms with Crippen molar-refractivity contribution in [1.82, 2.24) is 19.6 Å². The molecule has 0 aliphatic carbocycles. The molecule has 0 bridgehead atoms. The molecule has 6 nitrogen and oxygen atoms in total. The Morgan fingerprint density at radius 1 is 1.19 bits per heavy atom. The Hall–Kier alpha value is -2.57. The molecule has 4 heterocycles. The number of imidazole rings is 1. The van der Waals surface area contributed by atoms with Gasteiger partial charge in [0.25, 0.3) is 5.91 Å². The van der Waals surface area contributed by atoms with Crippen LogP contribution in [0.4, 0.5) is 5.69 Å². The number of anilines is 1. The van der Waals surface area contributed by atoms with E-state index in [1.54, 1.807) is 18.3 Å². The molecule has 0 saturated carbocycles. The number of aromatic nitrogens is 2. The lowest BCUT2D eigenvalue weighted by Crippen LogP contribution is -2.50. The topological polar surface area (TPSA) is 52.9 Å². The fourth-order valence-electron chi connectivity index (χ4n) is 4.87. The van der Waals surface area contributed by atoms with Crippen LogP contribution in [0.25, 0.3) is 5.65 Å². The van der Waals surface area contributed by atoms with E-state index < -0.39 is 0 Å². The van der Waals surface area contributed by atoms with Crippen molar-refractivity contribution in [3.63, 3.8) is 0 Å². The number of carbonyl (C=O) groups excluding carboxylic acids is 1. The average Bonchev–Trinajstić information content (AvgIpc) is 3.41. The second kappa shape index (κ2) is 8.52. The van der Waals surface area contributed by atoms with Gasteiger partial charge in [-0.05, 0) is 49.6 Å². The smallest absolute Gasteiger partial charge is 0.270 e. The predicted molar refractivity (Wildman–Crippen MR) is 124 cm³/mol. The molecular formula is C24H28ClN5O. The Bertz CT molecular complexity index is 1090. The summed E-state index contributed by atoms with van der Waals surface area (Å²) in [5.74, 6) is -0.117. The highest BCUT2D eigenvalue weighted by atomic mass is 35.5. The number of hydrogen-bond donors (Lipinski definition) is 1. The first-order chi connectivity index (χ1) is 15.1. The van der Waals surface area contributed by atoms with E-state index in [4.69, 9.17) is 11.6 Å². The van der Waals surface area contributed by atoms with Crippen LogP contribution < -0.4 is 10.2 Å². The van der Waals surface area contributed by atoms with Gasteiger partial charge in [0.15, 0.2) is 0 Å². The first-order valence-corrected chi connectivity index (χ1v) is 11.5. The van der Waals surface area contributed by atoms with Gasteiger partial charge in [-0.15, -0.1) is 0 Å². The van der Waals surface area contributed by atoms with Crippen molar-refractivity contribution in [1.29, 1.82) is 0 Å². The normalized spacial score (nSPS) is 19.0. The lowest BCUT2D eigenvalue weighted by atomic mass is 10.1. The summed E-state index contributed by atoms with van der Waals surface area (Å²) in [6, 6.07) is 12.9. The van der Waals surface area contributed by atoms with Crippen molar-refractivity contribution >= 4 is 28.8 Å². The molecule has 2 saturated heterocycles. The molecule has 1 amide bonds. The van der Waals surface area contributed by atoms with Gasteiger partial charge >= 0.3 is 0 Å². The number of amides is 1. The highest BCUT2D eigenvalue weighted by Gasteiger charge is 2.30. The number of fused-ring (bicyclic) bond motifs is 2. The Morgan fingerprint density at radius 2 is 2.03 bits per heavy atom.